The molecule has 19 heavy (non-hydrogen) atoms. The Morgan fingerprint density at radius 1 is 1.42 bits per heavy atom. The number of nitro groups is 1. The number of hydrogen-bond donors (Lipinski definition) is 0. The number of hydrogen-bond acceptors (Lipinski definition) is 6. The minimum atomic E-state index is -4.37. The number of ether oxygens (including phenoxy) is 1. The molecule has 0 radical (unpaired) electrons. The summed E-state index contributed by atoms with van der Waals surface area (Å²) >= 11 is 0. The standard InChI is InChI=1S/C8H4ClF2NO6S/c9-19(16,17)5-1-4(3-13)7(12(14)15)6(2-5)18-8(10)11/h1-3,8H. The summed E-state index contributed by atoms with van der Waals surface area (Å²) in [6.45, 7) is -3.44. The van der Waals surface area contributed by atoms with Crippen molar-refractivity contribution in [2.75, 3.05) is 0 Å². The van der Waals surface area contributed by atoms with Gasteiger partial charge in [-0.2, -0.15) is 8.78 Å². The number of halogens is 3. The van der Waals surface area contributed by atoms with E-state index in [1.807, 2.05) is 0 Å². The molecule has 0 heterocycles. The van der Waals surface area contributed by atoms with Gasteiger partial charge in [0.05, 0.1) is 15.4 Å². The van der Waals surface area contributed by atoms with Crippen molar-refractivity contribution in [3.63, 3.8) is 0 Å². The fourth-order valence-electron chi connectivity index (χ4n) is 1.21. The van der Waals surface area contributed by atoms with Crippen molar-refractivity contribution in [2.45, 2.75) is 11.5 Å². The van der Waals surface area contributed by atoms with E-state index in [0.717, 1.165) is 0 Å². The summed E-state index contributed by atoms with van der Waals surface area (Å²) < 4.78 is 50.2. The van der Waals surface area contributed by atoms with Crippen molar-refractivity contribution in [2.24, 2.45) is 0 Å². The first kappa shape index (κ1) is 15.2. The van der Waals surface area contributed by atoms with Crippen molar-refractivity contribution >= 4 is 31.7 Å². The third-order valence-electron chi connectivity index (χ3n) is 1.89. The van der Waals surface area contributed by atoms with Gasteiger partial charge in [0, 0.05) is 16.7 Å². The molecule has 0 fully saturated rings. The Morgan fingerprint density at radius 2 is 2.00 bits per heavy atom. The molecule has 0 bridgehead atoms. The molecule has 7 nitrogen and oxygen atoms in total. The van der Waals surface area contributed by atoms with E-state index in [0.29, 0.717) is 12.1 Å². The number of nitro benzene ring substituents is 1. The molecule has 1 aromatic carbocycles. The molecule has 0 atom stereocenters. The number of carbonyl (C=O) groups is 1. The zero-order valence-electron chi connectivity index (χ0n) is 8.75. The van der Waals surface area contributed by atoms with Gasteiger partial charge in [-0.25, -0.2) is 8.42 Å². The Labute approximate surface area is 109 Å². The van der Waals surface area contributed by atoms with Crippen molar-refractivity contribution < 1.29 is 31.7 Å². The molecule has 104 valence electrons. The maximum Gasteiger partial charge on any atom is 0.387 e. The topological polar surface area (TPSA) is 104 Å². The maximum atomic E-state index is 12.1. The van der Waals surface area contributed by atoms with E-state index in [9.17, 15) is 32.1 Å². The summed E-state index contributed by atoms with van der Waals surface area (Å²) in [6.07, 6.45) is -0.0674. The van der Waals surface area contributed by atoms with E-state index in [2.05, 4.69) is 4.74 Å². The molecule has 0 saturated carbocycles. The summed E-state index contributed by atoms with van der Waals surface area (Å²) in [5.74, 6) is -1.07. The van der Waals surface area contributed by atoms with Crippen molar-refractivity contribution in [1.29, 1.82) is 0 Å². The average Bonchev–Trinajstić information content (AvgIpc) is 2.25. The van der Waals surface area contributed by atoms with Crippen LogP contribution >= 0.6 is 10.7 Å². The Kier molecular flexibility index (Phi) is 4.37. The fourth-order valence-corrected chi connectivity index (χ4v) is 2.00. The molecule has 0 N–H and O–H groups in total. The maximum absolute atomic E-state index is 12.1. The van der Waals surface area contributed by atoms with E-state index in [1.54, 1.807) is 0 Å². The van der Waals surface area contributed by atoms with Gasteiger partial charge in [-0.3, -0.25) is 14.9 Å². The van der Waals surface area contributed by atoms with E-state index in [4.69, 9.17) is 10.7 Å². The molecule has 1 rings (SSSR count). The predicted molar refractivity (Wildman–Crippen MR) is 58.2 cm³/mol. The van der Waals surface area contributed by atoms with Crippen molar-refractivity contribution in [3.05, 3.63) is 27.8 Å². The number of carbonyl (C=O) groups excluding carboxylic acids is 1. The zero-order chi connectivity index (χ0) is 14.8. The third kappa shape index (κ3) is 3.58. The van der Waals surface area contributed by atoms with Crippen LogP contribution in [0.4, 0.5) is 14.5 Å². The van der Waals surface area contributed by atoms with Gasteiger partial charge >= 0.3 is 12.3 Å². The molecule has 1 aromatic rings. The van der Waals surface area contributed by atoms with E-state index in [1.165, 1.54) is 0 Å². The molecule has 11 heteroatoms. The van der Waals surface area contributed by atoms with Crippen LogP contribution in [0.5, 0.6) is 5.75 Å². The molecule has 0 aliphatic rings. The minimum absolute atomic E-state index is 0.0674. The molecule has 0 unspecified atom stereocenters. The number of rotatable bonds is 5. The van der Waals surface area contributed by atoms with Gasteiger partial charge < -0.3 is 4.74 Å². The Balaban J connectivity index is 3.63. The van der Waals surface area contributed by atoms with Crippen LogP contribution in [0.15, 0.2) is 17.0 Å². The van der Waals surface area contributed by atoms with Crippen molar-refractivity contribution in [3.8, 4) is 5.75 Å². The van der Waals surface area contributed by atoms with Crippen LogP contribution in [0.1, 0.15) is 10.4 Å². The lowest BCUT2D eigenvalue weighted by molar-refractivity contribution is -0.386. The van der Waals surface area contributed by atoms with E-state index >= 15 is 0 Å². The van der Waals surface area contributed by atoms with Gasteiger partial charge in [-0.15, -0.1) is 0 Å². The monoisotopic (exact) mass is 315 g/mol. The lowest BCUT2D eigenvalue weighted by atomic mass is 10.2. The summed E-state index contributed by atoms with van der Waals surface area (Å²) in [7, 11) is 0.601. The molecule has 0 aliphatic carbocycles. The highest BCUT2D eigenvalue weighted by Gasteiger charge is 2.27. The summed E-state index contributed by atoms with van der Waals surface area (Å²) in [6, 6.07) is 1.03. The number of nitrogens with zero attached hydrogens (tertiary/aromatic N) is 1. The number of aldehydes is 1. The van der Waals surface area contributed by atoms with Crippen LogP contribution in [-0.4, -0.2) is 26.2 Å². The highest BCUT2D eigenvalue weighted by Crippen LogP contribution is 2.35. The molecule has 0 spiro atoms. The molecular formula is C8H4ClF2NO6S. The second-order valence-corrected chi connectivity index (χ2v) is 5.62. The average molecular weight is 316 g/mol. The highest BCUT2D eigenvalue weighted by atomic mass is 35.7. The smallest absolute Gasteiger partial charge is 0.387 e. The van der Waals surface area contributed by atoms with Gasteiger partial charge in [0.2, 0.25) is 5.75 Å². The second-order valence-electron chi connectivity index (χ2n) is 3.05. The molecule has 0 saturated heterocycles. The Morgan fingerprint density at radius 3 is 2.37 bits per heavy atom. The first-order chi connectivity index (χ1) is 8.66. The number of alkyl halides is 2. The summed E-state index contributed by atoms with van der Waals surface area (Å²) in [4.78, 5) is 19.4. The van der Waals surface area contributed by atoms with E-state index in [-0.39, 0.29) is 6.29 Å². The fraction of sp³-hybridized carbons (Fsp3) is 0.125. The van der Waals surface area contributed by atoms with E-state index < -0.39 is 42.5 Å². The lowest BCUT2D eigenvalue weighted by Gasteiger charge is -2.08. The van der Waals surface area contributed by atoms with Crippen LogP contribution in [0.2, 0.25) is 0 Å². The van der Waals surface area contributed by atoms with Gasteiger partial charge in [-0.1, -0.05) is 0 Å². The zero-order valence-corrected chi connectivity index (χ0v) is 10.3. The van der Waals surface area contributed by atoms with Crippen LogP contribution in [0.25, 0.3) is 0 Å². The minimum Gasteiger partial charge on any atom is -0.427 e. The quantitative estimate of drug-likeness (QED) is 0.356. The largest absolute Gasteiger partial charge is 0.427 e. The van der Waals surface area contributed by atoms with Crippen LogP contribution in [0, 0.1) is 10.1 Å². The van der Waals surface area contributed by atoms with Gasteiger partial charge in [0.1, 0.15) is 0 Å². The molecule has 0 aromatic heterocycles. The Hall–Kier alpha value is -1.81. The SMILES string of the molecule is O=Cc1cc(S(=O)(=O)Cl)cc(OC(F)F)c1[N+](=O)[O-]. The van der Waals surface area contributed by atoms with Crippen LogP contribution < -0.4 is 4.74 Å². The van der Waals surface area contributed by atoms with Gasteiger partial charge in [0.15, 0.2) is 6.29 Å². The lowest BCUT2D eigenvalue weighted by Crippen LogP contribution is -2.07. The number of benzene rings is 1. The second kappa shape index (κ2) is 5.45. The van der Waals surface area contributed by atoms with Gasteiger partial charge in [0.25, 0.3) is 9.05 Å². The predicted octanol–water partition coefficient (Wildman–Crippen LogP) is 1.94. The summed E-state index contributed by atoms with van der Waals surface area (Å²) in [5, 5.41) is 10.7. The van der Waals surface area contributed by atoms with Crippen molar-refractivity contribution in [1.82, 2.24) is 0 Å². The van der Waals surface area contributed by atoms with Crippen LogP contribution in [0.3, 0.4) is 0 Å². The Bertz CT molecular complexity index is 632. The first-order valence-electron chi connectivity index (χ1n) is 4.34. The normalized spacial score (nSPS) is 11.4. The van der Waals surface area contributed by atoms with Gasteiger partial charge in [-0.05, 0) is 6.07 Å². The first-order valence-corrected chi connectivity index (χ1v) is 6.65. The third-order valence-corrected chi connectivity index (χ3v) is 3.22. The molecule has 0 aliphatic heterocycles. The van der Waals surface area contributed by atoms with Crippen LogP contribution in [-0.2, 0) is 9.05 Å². The summed E-state index contributed by atoms with van der Waals surface area (Å²) in [5.41, 5.74) is -1.82. The molecular weight excluding hydrogens is 312 g/mol. The molecule has 0 amide bonds. The highest BCUT2D eigenvalue weighted by molar-refractivity contribution is 8.13.